The van der Waals surface area contributed by atoms with Gasteiger partial charge in [-0.3, -0.25) is 4.79 Å². The lowest BCUT2D eigenvalue weighted by molar-refractivity contribution is 0.103. The lowest BCUT2D eigenvalue weighted by Gasteiger charge is -2.29. The molecule has 26 heavy (non-hydrogen) atoms. The number of carbonyl (C=O) groups excluding carboxylic acids is 1. The number of allylic oxidation sites excluding steroid dienone is 1. The summed E-state index contributed by atoms with van der Waals surface area (Å²) in [6.07, 6.45) is 6.17. The van der Waals surface area contributed by atoms with E-state index in [4.69, 9.17) is 27.9 Å². The van der Waals surface area contributed by atoms with Crippen molar-refractivity contribution in [2.75, 3.05) is 0 Å². The summed E-state index contributed by atoms with van der Waals surface area (Å²) >= 11 is 12.2. The van der Waals surface area contributed by atoms with Gasteiger partial charge in [-0.2, -0.15) is 0 Å². The van der Waals surface area contributed by atoms with Crippen molar-refractivity contribution in [3.63, 3.8) is 0 Å². The van der Waals surface area contributed by atoms with Crippen molar-refractivity contribution in [1.29, 1.82) is 0 Å². The predicted octanol–water partition coefficient (Wildman–Crippen LogP) is 5.48. The smallest absolute Gasteiger partial charge is 0.193 e. The predicted molar refractivity (Wildman–Crippen MR) is 103 cm³/mol. The number of aromatic hydroxyl groups is 2. The van der Waals surface area contributed by atoms with Crippen molar-refractivity contribution in [2.24, 2.45) is 0 Å². The molecule has 0 aromatic heterocycles. The highest BCUT2D eigenvalue weighted by atomic mass is 35.5. The number of phenols is 2. The molecule has 4 nitrogen and oxygen atoms in total. The SMILES string of the molecule is CC1(C)C=Cc2c(O)cc(O)c(C(=O)/C=C/c3c(Cl)cccc3Cl)c2O1. The maximum absolute atomic E-state index is 12.7. The fraction of sp³-hybridized carbons (Fsp3) is 0.150. The molecule has 0 radical (unpaired) electrons. The topological polar surface area (TPSA) is 66.8 Å². The van der Waals surface area contributed by atoms with Crippen molar-refractivity contribution in [3.05, 3.63) is 63.2 Å². The van der Waals surface area contributed by atoms with Crippen LogP contribution in [0.15, 0.2) is 36.4 Å². The lowest BCUT2D eigenvalue weighted by Crippen LogP contribution is -2.28. The van der Waals surface area contributed by atoms with E-state index < -0.39 is 11.4 Å². The molecule has 1 heterocycles. The Morgan fingerprint density at radius 1 is 1.15 bits per heavy atom. The number of hydrogen-bond donors (Lipinski definition) is 2. The molecule has 0 fully saturated rings. The van der Waals surface area contributed by atoms with Crippen LogP contribution in [-0.2, 0) is 0 Å². The first-order valence-corrected chi connectivity index (χ1v) is 8.59. The Morgan fingerprint density at radius 2 is 1.81 bits per heavy atom. The van der Waals surface area contributed by atoms with Gasteiger partial charge in [-0.15, -0.1) is 0 Å². The quantitative estimate of drug-likeness (QED) is 0.537. The monoisotopic (exact) mass is 390 g/mol. The zero-order valence-electron chi connectivity index (χ0n) is 14.1. The number of halogens is 2. The molecule has 0 unspecified atom stereocenters. The second-order valence-electron chi connectivity index (χ2n) is 6.40. The van der Waals surface area contributed by atoms with Gasteiger partial charge in [-0.05, 0) is 50.3 Å². The number of hydrogen-bond acceptors (Lipinski definition) is 4. The first-order chi connectivity index (χ1) is 12.2. The minimum atomic E-state index is -0.683. The fourth-order valence-corrected chi connectivity index (χ4v) is 3.17. The summed E-state index contributed by atoms with van der Waals surface area (Å²) in [5.41, 5.74) is 0.125. The van der Waals surface area contributed by atoms with E-state index >= 15 is 0 Å². The maximum Gasteiger partial charge on any atom is 0.193 e. The van der Waals surface area contributed by atoms with E-state index in [0.717, 1.165) is 6.07 Å². The van der Waals surface area contributed by atoms with E-state index in [-0.39, 0.29) is 22.8 Å². The molecule has 1 aliphatic heterocycles. The van der Waals surface area contributed by atoms with Gasteiger partial charge in [0.25, 0.3) is 0 Å². The molecule has 6 heteroatoms. The van der Waals surface area contributed by atoms with Crippen molar-refractivity contribution in [3.8, 4) is 17.2 Å². The highest BCUT2D eigenvalue weighted by molar-refractivity contribution is 6.37. The third kappa shape index (κ3) is 3.43. The van der Waals surface area contributed by atoms with Crippen molar-refractivity contribution < 1.29 is 19.7 Å². The van der Waals surface area contributed by atoms with E-state index in [9.17, 15) is 15.0 Å². The minimum Gasteiger partial charge on any atom is -0.507 e. The van der Waals surface area contributed by atoms with Crippen LogP contribution in [0.4, 0.5) is 0 Å². The minimum absolute atomic E-state index is 0.0327. The van der Waals surface area contributed by atoms with E-state index in [0.29, 0.717) is 21.2 Å². The summed E-state index contributed by atoms with van der Waals surface area (Å²) in [5, 5.41) is 21.1. The normalized spacial score (nSPS) is 14.9. The summed E-state index contributed by atoms with van der Waals surface area (Å²) in [7, 11) is 0. The van der Waals surface area contributed by atoms with Crippen LogP contribution >= 0.6 is 23.2 Å². The van der Waals surface area contributed by atoms with Crippen molar-refractivity contribution in [2.45, 2.75) is 19.4 Å². The number of rotatable bonds is 3. The van der Waals surface area contributed by atoms with Crippen molar-refractivity contribution >= 4 is 41.1 Å². The zero-order valence-corrected chi connectivity index (χ0v) is 15.6. The maximum atomic E-state index is 12.7. The molecule has 0 saturated heterocycles. The van der Waals surface area contributed by atoms with Crippen LogP contribution < -0.4 is 4.74 Å². The molecule has 0 atom stereocenters. The van der Waals surface area contributed by atoms with Gasteiger partial charge in [0.1, 0.15) is 28.4 Å². The summed E-state index contributed by atoms with van der Waals surface area (Å²) in [4.78, 5) is 12.7. The molecular weight excluding hydrogens is 375 g/mol. The third-order valence-corrected chi connectivity index (χ3v) is 4.60. The molecule has 2 aromatic rings. The average Bonchev–Trinajstić information content (AvgIpc) is 2.53. The Balaban J connectivity index is 2.06. The number of fused-ring (bicyclic) bond motifs is 1. The van der Waals surface area contributed by atoms with Gasteiger partial charge in [-0.25, -0.2) is 0 Å². The highest BCUT2D eigenvalue weighted by Gasteiger charge is 2.30. The van der Waals surface area contributed by atoms with Gasteiger partial charge in [0.15, 0.2) is 5.78 Å². The lowest BCUT2D eigenvalue weighted by atomic mass is 9.96. The molecule has 0 amide bonds. The first-order valence-electron chi connectivity index (χ1n) is 7.83. The van der Waals surface area contributed by atoms with Gasteiger partial charge in [0.05, 0.1) is 5.56 Å². The summed E-state index contributed by atoms with van der Waals surface area (Å²) in [6, 6.07) is 6.14. The largest absolute Gasteiger partial charge is 0.507 e. The number of benzene rings is 2. The van der Waals surface area contributed by atoms with Gasteiger partial charge >= 0.3 is 0 Å². The molecule has 1 aliphatic rings. The summed E-state index contributed by atoms with van der Waals surface area (Å²) < 4.78 is 5.82. The highest BCUT2D eigenvalue weighted by Crippen LogP contribution is 2.44. The molecule has 2 N–H and O–H groups in total. The van der Waals surface area contributed by atoms with Crippen LogP contribution in [0, 0.1) is 0 Å². The third-order valence-electron chi connectivity index (χ3n) is 3.94. The molecule has 134 valence electrons. The standard InChI is InChI=1S/C20H16Cl2O4/c1-20(2)9-8-12-16(24)10-17(25)18(19(12)26-20)15(23)7-6-11-13(21)4-3-5-14(11)22/h3-10,24-25H,1-2H3/b7-6+. The molecular formula is C20H16Cl2O4. The summed E-state index contributed by atoms with van der Waals surface area (Å²) in [6.45, 7) is 3.61. The van der Waals surface area contributed by atoms with Crippen LogP contribution in [0.2, 0.25) is 10.0 Å². The fourth-order valence-electron chi connectivity index (χ4n) is 2.65. The van der Waals surface area contributed by atoms with Crippen LogP contribution in [0.25, 0.3) is 12.2 Å². The van der Waals surface area contributed by atoms with Crippen LogP contribution in [-0.4, -0.2) is 21.6 Å². The number of phenolic OH excluding ortho intramolecular Hbond substituents is 2. The number of ether oxygens (including phenoxy) is 1. The molecule has 0 spiro atoms. The van der Waals surface area contributed by atoms with Gasteiger partial charge < -0.3 is 14.9 Å². The molecule has 0 aliphatic carbocycles. The van der Waals surface area contributed by atoms with Crippen LogP contribution in [0.3, 0.4) is 0 Å². The number of ketones is 1. The molecule has 3 rings (SSSR count). The van der Waals surface area contributed by atoms with E-state index in [1.165, 1.54) is 12.2 Å². The first kappa shape index (κ1) is 18.4. The molecule has 0 bridgehead atoms. The second kappa shape index (κ2) is 6.71. The Hall–Kier alpha value is -2.43. The van der Waals surface area contributed by atoms with E-state index in [2.05, 4.69) is 0 Å². The van der Waals surface area contributed by atoms with Crippen LogP contribution in [0.1, 0.15) is 35.3 Å². The Kier molecular flexibility index (Phi) is 4.74. The zero-order chi connectivity index (χ0) is 19.1. The molecule has 0 saturated carbocycles. The second-order valence-corrected chi connectivity index (χ2v) is 7.22. The Labute approximate surface area is 160 Å². The van der Waals surface area contributed by atoms with Gasteiger partial charge in [0, 0.05) is 21.7 Å². The van der Waals surface area contributed by atoms with Gasteiger partial charge in [0.2, 0.25) is 0 Å². The molecule has 2 aromatic carbocycles. The van der Waals surface area contributed by atoms with Gasteiger partial charge in [-0.1, -0.05) is 29.3 Å². The Bertz CT molecular complexity index is 939. The van der Waals surface area contributed by atoms with E-state index in [1.807, 2.05) is 0 Å². The van der Waals surface area contributed by atoms with Crippen molar-refractivity contribution in [1.82, 2.24) is 0 Å². The Morgan fingerprint density at radius 3 is 2.46 bits per heavy atom. The van der Waals surface area contributed by atoms with E-state index in [1.54, 1.807) is 44.2 Å². The van der Waals surface area contributed by atoms with Crippen LogP contribution in [0.5, 0.6) is 17.2 Å². The average molecular weight is 391 g/mol. The number of carbonyl (C=O) groups is 1. The summed E-state index contributed by atoms with van der Waals surface area (Å²) in [5.74, 6) is -0.901.